The van der Waals surface area contributed by atoms with Crippen LogP contribution in [0.4, 0.5) is 26.7 Å². The first-order valence-electron chi connectivity index (χ1n) is 41.6. The topological polar surface area (TPSA) is 517 Å². The van der Waals surface area contributed by atoms with Gasteiger partial charge in [-0.2, -0.15) is 0 Å². The zero-order valence-corrected chi connectivity index (χ0v) is 88.6. The van der Waals surface area contributed by atoms with E-state index in [0.29, 0.717) is 82.2 Å². The van der Waals surface area contributed by atoms with E-state index in [1.54, 1.807) is 127 Å². The number of urea groups is 2. The average Bonchev–Trinajstić information content (AvgIpc) is 0.957. The van der Waals surface area contributed by atoms with Gasteiger partial charge in [-0.25, -0.2) is 9.59 Å². The Balaban J connectivity index is -0.00000139. The number of nitrogen functional groups attached to an aromatic ring is 2. The van der Waals surface area contributed by atoms with Gasteiger partial charge in [0.05, 0.1) is 12.8 Å². The van der Waals surface area contributed by atoms with Crippen molar-refractivity contribution in [2.75, 3.05) is 229 Å². The Morgan fingerprint density at radius 3 is 1.09 bits per heavy atom. The van der Waals surface area contributed by atoms with Gasteiger partial charge in [-0.15, -0.1) is 0 Å². The van der Waals surface area contributed by atoms with Crippen LogP contribution in [-0.4, -0.2) is 334 Å². The molecule has 0 atom stereocenters. The molecule has 1 aliphatic rings. The Hall–Kier alpha value is -5.11. The van der Waals surface area contributed by atoms with E-state index in [-0.39, 0.29) is 6.04 Å². The molecule has 49 heteroatoms. The van der Waals surface area contributed by atoms with Crippen LogP contribution in [0.15, 0.2) is 108 Å². The molecule has 4 aromatic rings. The summed E-state index contributed by atoms with van der Waals surface area (Å²) in [7, 11) is 4.73. The van der Waals surface area contributed by atoms with Gasteiger partial charge >= 0.3 is 90.8 Å². The molecule has 0 bridgehead atoms. The van der Waals surface area contributed by atoms with Gasteiger partial charge in [0.2, 0.25) is 0 Å². The van der Waals surface area contributed by atoms with Crippen molar-refractivity contribution >= 4 is 114 Å². The van der Waals surface area contributed by atoms with Crippen LogP contribution in [0, 0.1) is 0 Å². The quantitative estimate of drug-likeness (QED) is 0.0119. The Kier molecular flexibility index (Phi) is 73.9. The van der Waals surface area contributed by atoms with Gasteiger partial charge < -0.3 is 167 Å². The number of nitrogens with one attached hydrogen (secondary N) is 5. The van der Waals surface area contributed by atoms with E-state index in [9.17, 15) is 9.59 Å². The molecule has 0 aliphatic carbocycles. The molecule has 0 radical (unpaired) electrons. The van der Waals surface area contributed by atoms with E-state index in [0.717, 1.165) is 125 Å². The summed E-state index contributed by atoms with van der Waals surface area (Å²) in [5.74, 6) is 1.53. The summed E-state index contributed by atoms with van der Waals surface area (Å²) in [5, 5.41) is 15.1. The van der Waals surface area contributed by atoms with Crippen molar-refractivity contribution in [2.45, 2.75) is 128 Å². The number of nitrogens with two attached hydrogens (primary N) is 5. The monoisotopic (exact) mass is 1950 g/mol. The van der Waals surface area contributed by atoms with Crippen LogP contribution in [0.3, 0.4) is 0 Å². The summed E-state index contributed by atoms with van der Waals surface area (Å²) in [5.41, 5.74) is 29.7. The number of aliphatic imine (C=N–C) groups is 1. The summed E-state index contributed by atoms with van der Waals surface area (Å²) in [6.45, 7) is 21.8. The molecule has 4 amide bonds. The van der Waals surface area contributed by atoms with Crippen molar-refractivity contribution < 1.29 is 121 Å². The van der Waals surface area contributed by atoms with Crippen molar-refractivity contribution in [3.63, 3.8) is 0 Å². The molecule has 0 saturated heterocycles. The first kappa shape index (κ1) is 125. The third-order valence-electron chi connectivity index (χ3n) is 18.4. The smallest absolute Gasteiger partial charge is 0.500 e. The maximum atomic E-state index is 10.4. The van der Waals surface area contributed by atoms with Crippen molar-refractivity contribution in [3.05, 3.63) is 109 Å². The van der Waals surface area contributed by atoms with E-state index in [1.165, 1.54) is 0 Å². The molecule has 0 unspecified atom stereocenters. The Bertz CT molecular complexity index is 3060. The molecule has 5 rings (SSSR count). The summed E-state index contributed by atoms with van der Waals surface area (Å²) in [6, 6.07) is 34.1. The Labute approximate surface area is 761 Å². The molecule has 1 aromatic heterocycles. The predicted molar refractivity (Wildman–Crippen MR) is 512 cm³/mol. The van der Waals surface area contributed by atoms with Gasteiger partial charge in [0.25, 0.3) is 0 Å². The number of nitrogens with zero attached hydrogens (tertiary/aromatic N) is 3. The summed E-state index contributed by atoms with van der Waals surface area (Å²) in [4.78, 5) is 56.5. The number of hydrogen-bond acceptors (Lipinski definition) is 36. The minimum atomic E-state index is -3.76. The molecular formula is C77H161N13O27Si9. The maximum Gasteiger partial charge on any atom is 0.500 e. The first-order valence-corrected chi connectivity index (χ1v) is 60.6. The molecule has 40 nitrogen and oxygen atoms in total. The number of aromatic nitrogens is 1. The second-order valence-corrected chi connectivity index (χ2v) is 54.5. The van der Waals surface area contributed by atoms with E-state index in [2.05, 4.69) is 41.5 Å². The number of primary amides is 2. The molecule has 126 heavy (non-hydrogen) atoms. The summed E-state index contributed by atoms with van der Waals surface area (Å²) in [6.07, 6.45) is 10.2. The number of hydrogen-bond donors (Lipinski definition) is 13. The van der Waals surface area contributed by atoms with E-state index in [1.807, 2.05) is 144 Å². The fourth-order valence-corrected chi connectivity index (χ4v) is 25.3. The van der Waals surface area contributed by atoms with E-state index in [4.69, 9.17) is 140 Å². The van der Waals surface area contributed by atoms with Gasteiger partial charge in [0.1, 0.15) is 11.5 Å². The molecule has 732 valence electrons. The minimum Gasteiger partial charge on any atom is -0.512 e. The van der Waals surface area contributed by atoms with E-state index >= 15 is 0 Å². The molecule has 0 fully saturated rings. The maximum absolute atomic E-state index is 10.4. The lowest BCUT2D eigenvalue weighted by Gasteiger charge is -2.29. The Morgan fingerprint density at radius 2 is 0.786 bits per heavy atom. The number of carbonyl (C=O) groups is 2. The van der Waals surface area contributed by atoms with Gasteiger partial charge in [0, 0.05) is 271 Å². The normalized spacial score (nSPS) is 12.4. The number of aryl methyl sites for hydroxylation is 1. The van der Waals surface area contributed by atoms with Gasteiger partial charge in [-0.1, -0.05) is 24.3 Å². The second kappa shape index (κ2) is 74.4. The number of para-hydroxylation sites is 1. The molecule has 0 spiro atoms. The zero-order chi connectivity index (χ0) is 95.7. The number of benzene rings is 3. The highest BCUT2D eigenvalue weighted by molar-refractivity contribution is 6.67. The zero-order valence-electron chi connectivity index (χ0n) is 79.6. The van der Waals surface area contributed by atoms with Crippen LogP contribution < -0.4 is 64.1 Å². The van der Waals surface area contributed by atoms with Gasteiger partial charge in [0.15, 0.2) is 0 Å². The molecular weight excluding hydrogens is 1790 g/mol. The molecule has 3 aromatic carbocycles. The number of carbonyl (C=O) groups excluding carboxylic acids is 2. The van der Waals surface area contributed by atoms with Crippen molar-refractivity contribution in [2.24, 2.45) is 22.2 Å². The highest BCUT2D eigenvalue weighted by atomic mass is 28.4. The van der Waals surface area contributed by atoms with Crippen LogP contribution in [-0.2, 0) is 94.9 Å². The molecule has 18 N–H and O–H groups in total. The van der Waals surface area contributed by atoms with Crippen LogP contribution in [0.25, 0.3) is 0 Å². The highest BCUT2D eigenvalue weighted by Crippen LogP contribution is 2.25. The Morgan fingerprint density at radius 1 is 0.429 bits per heavy atom. The van der Waals surface area contributed by atoms with Crippen LogP contribution >= 0.6 is 0 Å². The highest BCUT2D eigenvalue weighted by Gasteiger charge is 2.42. The average molecular weight is 1950 g/mol. The second-order valence-electron chi connectivity index (χ2n) is 27.6. The first-order chi connectivity index (χ1) is 60.0. The predicted octanol–water partition coefficient (Wildman–Crippen LogP) is 7.08. The fourth-order valence-electron chi connectivity index (χ4n) is 11.1. The lowest BCUT2D eigenvalue weighted by Crippen LogP contribution is -2.46. The molecule has 1 aliphatic heterocycles. The van der Waals surface area contributed by atoms with Gasteiger partial charge in [-0.3, -0.25) is 14.9 Å². The van der Waals surface area contributed by atoms with Crippen LogP contribution in [0.2, 0.25) is 61.9 Å². The molecule has 2 heterocycles. The SMILES string of the molecule is CCO[Si](CCCN1CC=NC1)(OCC)OCC.CO[Si](C)(CNc1ccccc1)OC.CO[Si](CCCNC(N)=O)(OC)OC.CO[Si](CCCNC(N)=O)(OC)OC.CO[Si](CCCNCCNCCC[Si](OC)(OC)OC)(OC)OC.CO[Si](CCc1ccccn1)(OC)OC.C[Si](C)(Oc1ccc(N)cc1)Oc1ccc(N)cc1.NCCC[Si](O)(O)O. The third-order valence-corrected chi connectivity index (χ3v) is 40.6. The van der Waals surface area contributed by atoms with Crippen molar-refractivity contribution in [1.29, 1.82) is 0 Å². The number of anilines is 3. The molecule has 0 saturated carbocycles. The third kappa shape index (κ3) is 60.0. The largest absolute Gasteiger partial charge is 0.512 e. The summed E-state index contributed by atoms with van der Waals surface area (Å²) < 4.78 is 120. The number of rotatable bonds is 59. The number of amides is 4. The van der Waals surface area contributed by atoms with Gasteiger partial charge in [-0.05, 0) is 165 Å². The summed E-state index contributed by atoms with van der Waals surface area (Å²) >= 11 is 0. The van der Waals surface area contributed by atoms with Crippen molar-refractivity contribution in [3.8, 4) is 11.5 Å². The fraction of sp³-hybridized carbons (Fsp3) is 0.662. The lowest BCUT2D eigenvalue weighted by molar-refractivity contribution is 0.0700. The standard InChI is InChI=1S/C14H36N2O6Si2.C14H18N2O2Si.C12H26N2O3Si.C10H17NO3Si.C10H17NO2Si.2C7H18N2O4Si.C3H11NO3Si/c1-17-23(18-2,19-3)13-7-9-15-11-12-16-10-8-14-24(20-4,21-5)22-6;1-19(2,17-13-7-3-11(15)4-8-13)18-14-9-5-12(16)6-10-14;1-4-15-18(16-5-2,17-6-3)11-7-9-14-10-8-13-12-14;1-12-15(13-2,14-3)9-7-10-6-4-5-8-11-10;1-12-14(3,13-2)9-11-10-7-5-4-6-8-10;2*1-11-14(12-2,13-3)6-4-5-9-7(8)10;4-2-1-3-8(5,6)7/h15-16H,7-14H2,1-6H3;3-10H,15-16H2,1-2H3;8H,4-7,9-12H2,1-3H3;4-6,8H,7,9H2,1-3H3;4-8,11H,9H2,1-3H3;2*4-6H2,1-3H3,(H3,8,9,10);5-7H,1-4H2. The van der Waals surface area contributed by atoms with Crippen molar-refractivity contribution in [1.82, 2.24) is 31.2 Å². The lowest BCUT2D eigenvalue weighted by atomic mass is 10.3. The van der Waals surface area contributed by atoms with Crippen LogP contribution in [0.1, 0.15) is 65.0 Å². The minimum absolute atomic E-state index is 0.0451. The number of pyridine rings is 1. The van der Waals surface area contributed by atoms with Crippen LogP contribution in [0.5, 0.6) is 11.5 Å². The van der Waals surface area contributed by atoms with E-state index < -0.39 is 90.8 Å².